The summed E-state index contributed by atoms with van der Waals surface area (Å²) in [6, 6.07) is 0. The lowest BCUT2D eigenvalue weighted by atomic mass is 9.99. The van der Waals surface area contributed by atoms with Gasteiger partial charge >= 0.3 is 39.5 Å². The first-order chi connectivity index (χ1) is 48.4. The molecule has 100 heavy (non-hydrogen) atoms. The molecule has 0 heterocycles. The molecule has 17 nitrogen and oxygen atoms in total. The number of unbranched alkanes of at least 4 members (excludes halogenated alkanes) is 49. The number of ether oxygens (including phenoxy) is 4. The maximum absolute atomic E-state index is 13.1. The molecule has 19 heteroatoms. The van der Waals surface area contributed by atoms with E-state index in [1.807, 2.05) is 0 Å². The van der Waals surface area contributed by atoms with Crippen molar-refractivity contribution in [3.8, 4) is 0 Å². The van der Waals surface area contributed by atoms with Crippen LogP contribution in [0.1, 0.15) is 427 Å². The van der Waals surface area contributed by atoms with E-state index in [1.54, 1.807) is 0 Å². The van der Waals surface area contributed by atoms with Crippen LogP contribution in [0.3, 0.4) is 0 Å². The molecule has 0 spiro atoms. The third-order valence-electron chi connectivity index (χ3n) is 19.3. The maximum Gasteiger partial charge on any atom is 0.472 e. The van der Waals surface area contributed by atoms with Crippen LogP contribution in [0.4, 0.5) is 0 Å². The molecule has 0 aromatic heterocycles. The van der Waals surface area contributed by atoms with Crippen molar-refractivity contribution in [1.29, 1.82) is 0 Å². The van der Waals surface area contributed by atoms with Gasteiger partial charge in [-0.1, -0.05) is 375 Å². The smallest absolute Gasteiger partial charge is 0.462 e. The summed E-state index contributed by atoms with van der Waals surface area (Å²) in [7, 11) is -9.91. The predicted octanol–water partition coefficient (Wildman–Crippen LogP) is 24.3. The zero-order valence-corrected chi connectivity index (χ0v) is 67.3. The maximum atomic E-state index is 13.1. The Bertz CT molecular complexity index is 1930. The van der Waals surface area contributed by atoms with E-state index < -0.39 is 97.5 Å². The van der Waals surface area contributed by atoms with Gasteiger partial charge in [0.25, 0.3) is 0 Å². The van der Waals surface area contributed by atoms with Crippen molar-refractivity contribution in [1.82, 2.24) is 0 Å². The van der Waals surface area contributed by atoms with Crippen LogP contribution in [0.15, 0.2) is 0 Å². The quantitative estimate of drug-likeness (QED) is 0.0222. The van der Waals surface area contributed by atoms with E-state index in [-0.39, 0.29) is 25.7 Å². The summed E-state index contributed by atoms with van der Waals surface area (Å²) >= 11 is 0. The Morgan fingerprint density at radius 2 is 0.510 bits per heavy atom. The molecule has 0 fully saturated rings. The first kappa shape index (κ1) is 98.1. The van der Waals surface area contributed by atoms with Gasteiger partial charge < -0.3 is 33.8 Å². The molecule has 0 aliphatic rings. The molecule has 0 saturated heterocycles. The molecule has 0 bridgehead atoms. The van der Waals surface area contributed by atoms with Crippen LogP contribution in [0.5, 0.6) is 0 Å². The van der Waals surface area contributed by atoms with Crippen molar-refractivity contribution >= 4 is 39.5 Å². The second-order valence-electron chi connectivity index (χ2n) is 29.9. The molecular weight excluding hydrogens is 1310 g/mol. The van der Waals surface area contributed by atoms with Gasteiger partial charge in [0.2, 0.25) is 0 Å². The van der Waals surface area contributed by atoms with Gasteiger partial charge in [0.1, 0.15) is 19.3 Å². The van der Waals surface area contributed by atoms with E-state index in [9.17, 15) is 43.2 Å². The summed E-state index contributed by atoms with van der Waals surface area (Å²) in [4.78, 5) is 72.9. The summed E-state index contributed by atoms with van der Waals surface area (Å²) in [6.07, 6.45) is 62.7. The second-order valence-corrected chi connectivity index (χ2v) is 32.8. The SMILES string of the molecule is CCCCCCCCCCCCCCCCCCCCCCCCC(=O)O[C@H](COC(=O)CCCCCCCCCCCCCCCCC(C)CC)COP(=O)(O)OC[C@@H](O)COP(=O)(O)OC[C@@H](COC(=O)CCCCCCCCCC)OC(=O)CCCCCCCCCCCC(C)C. The average Bonchev–Trinajstić information content (AvgIpc) is 0.927. The number of phosphoric ester groups is 2. The summed E-state index contributed by atoms with van der Waals surface area (Å²) < 4.78 is 68.6. The van der Waals surface area contributed by atoms with E-state index in [1.165, 1.54) is 238 Å². The number of hydrogen-bond acceptors (Lipinski definition) is 15. The Balaban J connectivity index is 5.18. The minimum absolute atomic E-state index is 0.105. The van der Waals surface area contributed by atoms with Crippen molar-refractivity contribution < 1.29 is 80.2 Å². The third kappa shape index (κ3) is 73.0. The molecule has 0 rings (SSSR count). The zero-order valence-electron chi connectivity index (χ0n) is 65.5. The van der Waals surface area contributed by atoms with Crippen LogP contribution >= 0.6 is 15.6 Å². The van der Waals surface area contributed by atoms with Crippen LogP contribution in [0, 0.1) is 11.8 Å². The number of esters is 4. The largest absolute Gasteiger partial charge is 0.472 e. The highest BCUT2D eigenvalue weighted by molar-refractivity contribution is 7.47. The van der Waals surface area contributed by atoms with Crippen LogP contribution < -0.4 is 0 Å². The van der Waals surface area contributed by atoms with Crippen molar-refractivity contribution in [3.63, 3.8) is 0 Å². The highest BCUT2D eigenvalue weighted by atomic mass is 31.2. The number of carbonyl (C=O) groups excluding carboxylic acids is 4. The number of aliphatic hydroxyl groups excluding tert-OH is 1. The zero-order chi connectivity index (χ0) is 73.5. The lowest BCUT2D eigenvalue weighted by Gasteiger charge is -2.21. The molecule has 3 N–H and O–H groups in total. The number of hydrogen-bond donors (Lipinski definition) is 3. The van der Waals surface area contributed by atoms with Gasteiger partial charge in [0.15, 0.2) is 12.2 Å². The van der Waals surface area contributed by atoms with Crippen molar-refractivity contribution in [3.05, 3.63) is 0 Å². The Morgan fingerprint density at radius 3 is 0.760 bits per heavy atom. The fraction of sp³-hybridized carbons (Fsp3) is 0.951. The highest BCUT2D eigenvalue weighted by Crippen LogP contribution is 2.45. The average molecular weight is 1470 g/mol. The number of rotatable bonds is 80. The summed E-state index contributed by atoms with van der Waals surface area (Å²) in [6.45, 7) is 9.63. The van der Waals surface area contributed by atoms with Gasteiger partial charge in [0.05, 0.1) is 26.4 Å². The second kappa shape index (κ2) is 72.6. The minimum Gasteiger partial charge on any atom is -0.462 e. The van der Waals surface area contributed by atoms with Gasteiger partial charge in [-0.25, -0.2) is 9.13 Å². The Labute approximate surface area is 613 Å². The molecule has 3 unspecified atom stereocenters. The van der Waals surface area contributed by atoms with Crippen LogP contribution in [0.2, 0.25) is 0 Å². The van der Waals surface area contributed by atoms with Crippen molar-refractivity contribution in [2.45, 2.75) is 445 Å². The van der Waals surface area contributed by atoms with Crippen molar-refractivity contribution in [2.75, 3.05) is 39.6 Å². The first-order valence-electron chi connectivity index (χ1n) is 42.0. The number of phosphoric acid groups is 2. The highest BCUT2D eigenvalue weighted by Gasteiger charge is 2.30. The molecule has 0 aliphatic heterocycles. The third-order valence-corrected chi connectivity index (χ3v) is 21.2. The lowest BCUT2D eigenvalue weighted by Crippen LogP contribution is -2.30. The molecule has 0 amide bonds. The molecule has 0 radical (unpaired) electrons. The predicted molar refractivity (Wildman–Crippen MR) is 409 cm³/mol. The van der Waals surface area contributed by atoms with Gasteiger partial charge in [0, 0.05) is 25.7 Å². The Hall–Kier alpha value is -1.94. The first-order valence-corrected chi connectivity index (χ1v) is 45.0. The van der Waals surface area contributed by atoms with E-state index >= 15 is 0 Å². The van der Waals surface area contributed by atoms with Crippen LogP contribution in [-0.4, -0.2) is 96.7 Å². The van der Waals surface area contributed by atoms with Gasteiger partial charge in [-0.15, -0.1) is 0 Å². The van der Waals surface area contributed by atoms with Crippen LogP contribution in [-0.2, 0) is 65.4 Å². The van der Waals surface area contributed by atoms with Gasteiger partial charge in [-0.2, -0.15) is 0 Å². The summed E-state index contributed by atoms with van der Waals surface area (Å²) in [5.74, 6) is -0.527. The molecule has 0 aromatic carbocycles. The number of carbonyl (C=O) groups is 4. The summed E-state index contributed by atoms with van der Waals surface area (Å²) in [5, 5.41) is 10.6. The Kier molecular flexibility index (Phi) is 71.2. The molecule has 0 saturated carbocycles. The molecular formula is C81H158O17P2. The fourth-order valence-electron chi connectivity index (χ4n) is 12.5. The van der Waals surface area contributed by atoms with E-state index in [4.69, 9.17) is 37.0 Å². The topological polar surface area (TPSA) is 237 Å². The Morgan fingerprint density at radius 1 is 0.290 bits per heavy atom. The fourth-order valence-corrected chi connectivity index (χ4v) is 14.1. The van der Waals surface area contributed by atoms with E-state index in [0.29, 0.717) is 25.7 Å². The van der Waals surface area contributed by atoms with Gasteiger partial charge in [-0.05, 0) is 37.5 Å². The van der Waals surface area contributed by atoms with Crippen LogP contribution in [0.25, 0.3) is 0 Å². The normalized spacial score (nSPS) is 14.2. The van der Waals surface area contributed by atoms with E-state index in [2.05, 4.69) is 41.5 Å². The van der Waals surface area contributed by atoms with Gasteiger partial charge in [-0.3, -0.25) is 37.3 Å². The van der Waals surface area contributed by atoms with E-state index in [0.717, 1.165) is 108 Å². The van der Waals surface area contributed by atoms with Crippen molar-refractivity contribution in [2.24, 2.45) is 11.8 Å². The molecule has 6 atom stereocenters. The lowest BCUT2D eigenvalue weighted by molar-refractivity contribution is -0.161. The standard InChI is InChI=1S/C81H158O17P2/c1-7-10-12-14-16-18-19-20-21-22-23-24-25-26-27-28-33-36-41-47-53-59-65-80(85)97-77(70-92-79(84)64-58-52-46-40-35-32-30-29-31-34-39-44-50-56-62-74(6)9-3)72-96-100(89,90)94-68-75(82)67-93-99(87,88)95-71-76(69-91-78(83)63-57-51-45-17-15-13-11-8-2)98-81(86)66-60-54-48-42-37-38-43-49-55-61-73(4)5/h73-77,82H,7-72H2,1-6H3,(H,87,88)(H,89,90)/t74?,75-,76+,77+/m0/s1. The molecule has 0 aliphatic carbocycles. The molecule has 594 valence electrons. The number of aliphatic hydroxyl groups is 1. The summed E-state index contributed by atoms with van der Waals surface area (Å²) in [5.41, 5.74) is 0. The monoisotopic (exact) mass is 1470 g/mol. The minimum atomic E-state index is -4.96. The molecule has 0 aromatic rings.